The lowest BCUT2D eigenvalue weighted by molar-refractivity contribution is -0.141. The van der Waals surface area contributed by atoms with Gasteiger partial charge in [-0.1, -0.05) is 13.8 Å². The number of carbonyl (C=O) groups excluding carboxylic acids is 4. The molecule has 2 saturated carbocycles. The van der Waals surface area contributed by atoms with Crippen molar-refractivity contribution in [2.75, 3.05) is 40.0 Å². The number of sulfonamides is 1. The number of aromatic nitrogens is 4. The first-order valence-electron chi connectivity index (χ1n) is 16.8. The molecule has 1 unspecified atom stereocenters. The number of alkyl halides is 2. The average molecular weight is 738 g/mol. The van der Waals surface area contributed by atoms with Gasteiger partial charge in [-0.15, -0.1) is 10.2 Å². The monoisotopic (exact) mass is 737 g/mol. The standard InChI is InChI=1S/C31H41F2N9O8S/c1-17(2)24(34-30(46)40-10-12-50-13-11-40)28(44)41-16-19(42-37-26(36-39-42)18-4-6-20(49-3)7-5-18)14-23(41)27(43)35-31(15-22(31)25(32)33)29(45)38-51(47,48)21-8-9-21/h4-7,17,19,21-25H,8-16H2,1-3H3,(H,34,46)(H,35,43)(H,38,45)/t19-,22+,23?,24+,31-/m1/s1. The van der Waals surface area contributed by atoms with Crippen LogP contribution in [0.4, 0.5) is 13.6 Å². The first-order chi connectivity index (χ1) is 24.2. The molecule has 0 bridgehead atoms. The Balaban J connectivity index is 1.26. The number of likely N-dealkylation sites (tertiary alicyclic amines) is 1. The molecule has 0 spiro atoms. The third-order valence-electron chi connectivity index (χ3n) is 9.75. The number of urea groups is 1. The summed E-state index contributed by atoms with van der Waals surface area (Å²) in [6.07, 6.45) is -2.97. The van der Waals surface area contributed by atoms with Crippen LogP contribution in [-0.2, 0) is 29.1 Å². The SMILES string of the molecule is COc1ccc(-c2nnn([C@@H]3CC(C(=O)N[C@]4(C(=O)NS(=O)(=O)C5CC5)C[C@H]4C(F)F)N(C(=O)[C@@H](NC(=O)N4CCOCC4)C(C)C)C3)n2)cc1. The normalized spacial score (nSPS) is 25.4. The predicted octanol–water partition coefficient (Wildman–Crippen LogP) is 0.306. The number of methoxy groups -OCH3 is 1. The minimum absolute atomic E-state index is 0.102. The highest BCUT2D eigenvalue weighted by Crippen LogP contribution is 2.48. The Morgan fingerprint density at radius 3 is 2.35 bits per heavy atom. The molecule has 3 heterocycles. The van der Waals surface area contributed by atoms with Gasteiger partial charge in [-0.05, 0) is 54.7 Å². The van der Waals surface area contributed by atoms with Crippen LogP contribution in [0.25, 0.3) is 11.4 Å². The minimum atomic E-state index is -4.11. The first kappa shape index (κ1) is 36.3. The summed E-state index contributed by atoms with van der Waals surface area (Å²) in [5, 5.41) is 17.1. The number of carbonyl (C=O) groups is 4. The highest BCUT2D eigenvalue weighted by molar-refractivity contribution is 7.91. The number of hydrogen-bond acceptors (Lipinski definition) is 11. The van der Waals surface area contributed by atoms with Crippen molar-refractivity contribution in [3.8, 4) is 17.1 Å². The molecular weight excluding hydrogens is 696 g/mol. The fourth-order valence-corrected chi connectivity index (χ4v) is 7.79. The smallest absolute Gasteiger partial charge is 0.318 e. The Morgan fingerprint density at radius 1 is 1.08 bits per heavy atom. The predicted molar refractivity (Wildman–Crippen MR) is 174 cm³/mol. The number of amides is 5. The summed E-state index contributed by atoms with van der Waals surface area (Å²) in [6.45, 7) is 4.64. The van der Waals surface area contributed by atoms with Crippen molar-refractivity contribution in [2.24, 2.45) is 11.8 Å². The second-order valence-electron chi connectivity index (χ2n) is 13.6. The van der Waals surface area contributed by atoms with Gasteiger partial charge in [0.2, 0.25) is 34.1 Å². The molecule has 278 valence electrons. The second-order valence-corrected chi connectivity index (χ2v) is 15.6. The number of nitrogens with one attached hydrogen (secondary N) is 3. The first-order valence-corrected chi connectivity index (χ1v) is 18.3. The number of halogens is 2. The topological polar surface area (TPSA) is 207 Å². The van der Waals surface area contributed by atoms with Crippen molar-refractivity contribution < 1.29 is 45.9 Å². The third kappa shape index (κ3) is 7.61. The van der Waals surface area contributed by atoms with Gasteiger partial charge in [0, 0.05) is 31.6 Å². The molecule has 20 heteroatoms. The molecule has 4 fully saturated rings. The maximum absolute atomic E-state index is 14.3. The van der Waals surface area contributed by atoms with Gasteiger partial charge in [-0.25, -0.2) is 22.0 Å². The number of hydrogen-bond donors (Lipinski definition) is 3. The fourth-order valence-electron chi connectivity index (χ4n) is 6.43. The highest BCUT2D eigenvalue weighted by atomic mass is 32.2. The molecule has 6 rings (SSSR count). The number of rotatable bonds is 12. The van der Waals surface area contributed by atoms with Crippen LogP contribution in [0.1, 0.15) is 45.6 Å². The maximum atomic E-state index is 14.3. The molecule has 1 aromatic carbocycles. The maximum Gasteiger partial charge on any atom is 0.318 e. The summed E-state index contributed by atoms with van der Waals surface area (Å²) in [4.78, 5) is 58.7. The van der Waals surface area contributed by atoms with Crippen molar-refractivity contribution in [2.45, 2.75) is 74.9 Å². The van der Waals surface area contributed by atoms with Crippen molar-refractivity contribution in [1.82, 2.24) is 45.4 Å². The number of nitrogens with zero attached hydrogens (tertiary/aromatic N) is 6. The molecule has 51 heavy (non-hydrogen) atoms. The average Bonchev–Trinajstić information content (AvgIpc) is 4.00. The third-order valence-corrected chi connectivity index (χ3v) is 11.6. The molecule has 2 aliphatic carbocycles. The fraction of sp³-hybridized carbons (Fsp3) is 0.645. The largest absolute Gasteiger partial charge is 0.497 e. The van der Waals surface area contributed by atoms with Gasteiger partial charge in [0.25, 0.3) is 5.91 Å². The lowest BCUT2D eigenvalue weighted by atomic mass is 10.0. The van der Waals surface area contributed by atoms with Crippen LogP contribution >= 0.6 is 0 Å². The number of tetrazole rings is 1. The van der Waals surface area contributed by atoms with Crippen LogP contribution in [0.2, 0.25) is 0 Å². The zero-order valence-electron chi connectivity index (χ0n) is 28.3. The Hall–Kier alpha value is -4.46. The van der Waals surface area contributed by atoms with Gasteiger partial charge in [-0.3, -0.25) is 19.1 Å². The van der Waals surface area contributed by atoms with E-state index in [1.807, 2.05) is 4.72 Å². The summed E-state index contributed by atoms with van der Waals surface area (Å²) in [7, 11) is -2.58. The van der Waals surface area contributed by atoms with E-state index < -0.39 is 87.4 Å². The highest BCUT2D eigenvalue weighted by Gasteiger charge is 2.66. The van der Waals surface area contributed by atoms with Crippen LogP contribution in [-0.4, -0.2) is 131 Å². The lowest BCUT2D eigenvalue weighted by Gasteiger charge is -2.33. The van der Waals surface area contributed by atoms with Crippen LogP contribution < -0.4 is 20.1 Å². The Bertz CT molecular complexity index is 1750. The van der Waals surface area contributed by atoms with E-state index >= 15 is 0 Å². The van der Waals surface area contributed by atoms with Crippen LogP contribution in [0, 0.1) is 11.8 Å². The molecule has 2 aromatic rings. The van der Waals surface area contributed by atoms with E-state index in [2.05, 4.69) is 26.0 Å². The van der Waals surface area contributed by atoms with E-state index in [4.69, 9.17) is 9.47 Å². The van der Waals surface area contributed by atoms with Crippen LogP contribution in [0.5, 0.6) is 5.75 Å². The Morgan fingerprint density at radius 2 is 1.76 bits per heavy atom. The number of benzene rings is 1. The molecule has 1 aromatic heterocycles. The molecule has 5 amide bonds. The summed E-state index contributed by atoms with van der Waals surface area (Å²) < 4.78 is 65.5. The van der Waals surface area contributed by atoms with Crippen molar-refractivity contribution in [3.05, 3.63) is 24.3 Å². The summed E-state index contributed by atoms with van der Waals surface area (Å²) >= 11 is 0. The Kier molecular flexibility index (Phi) is 10.2. The summed E-state index contributed by atoms with van der Waals surface area (Å²) in [5.74, 6) is -4.02. The molecule has 2 aliphatic heterocycles. The second kappa shape index (κ2) is 14.3. The summed E-state index contributed by atoms with van der Waals surface area (Å²) in [6, 6.07) is 3.26. The van der Waals surface area contributed by atoms with Crippen molar-refractivity contribution in [1.29, 1.82) is 0 Å². The van der Waals surface area contributed by atoms with E-state index in [-0.39, 0.29) is 18.8 Å². The zero-order valence-corrected chi connectivity index (χ0v) is 29.1. The van der Waals surface area contributed by atoms with E-state index in [0.29, 0.717) is 50.5 Å². The van der Waals surface area contributed by atoms with Crippen LogP contribution in [0.3, 0.4) is 0 Å². The van der Waals surface area contributed by atoms with Gasteiger partial charge < -0.3 is 29.9 Å². The van der Waals surface area contributed by atoms with E-state index in [1.165, 1.54) is 21.7 Å². The Labute approximate surface area is 292 Å². The quantitative estimate of drug-likeness (QED) is 0.270. The van der Waals surface area contributed by atoms with E-state index in [1.54, 1.807) is 38.1 Å². The van der Waals surface area contributed by atoms with Gasteiger partial charge in [-0.2, -0.15) is 4.80 Å². The molecular formula is C31H41F2N9O8S. The van der Waals surface area contributed by atoms with E-state index in [9.17, 15) is 36.4 Å². The minimum Gasteiger partial charge on any atom is -0.497 e. The number of morpholine rings is 1. The molecule has 5 atom stereocenters. The summed E-state index contributed by atoms with van der Waals surface area (Å²) in [5.41, 5.74) is -1.58. The van der Waals surface area contributed by atoms with Crippen LogP contribution in [0.15, 0.2) is 24.3 Å². The molecule has 4 aliphatic rings. The van der Waals surface area contributed by atoms with Crippen molar-refractivity contribution in [3.63, 3.8) is 0 Å². The van der Waals surface area contributed by atoms with Crippen molar-refractivity contribution >= 4 is 33.8 Å². The molecule has 3 N–H and O–H groups in total. The molecule has 17 nitrogen and oxygen atoms in total. The van der Waals surface area contributed by atoms with Gasteiger partial charge in [0.05, 0.1) is 37.5 Å². The zero-order chi connectivity index (χ0) is 36.7. The van der Waals surface area contributed by atoms with E-state index in [0.717, 1.165) is 0 Å². The number of ether oxygens (including phenoxy) is 2. The van der Waals surface area contributed by atoms with Gasteiger partial charge in [0.15, 0.2) is 0 Å². The molecule has 0 radical (unpaired) electrons. The van der Waals surface area contributed by atoms with Gasteiger partial charge >= 0.3 is 6.03 Å². The van der Waals surface area contributed by atoms with Gasteiger partial charge in [0.1, 0.15) is 23.4 Å². The lowest BCUT2D eigenvalue weighted by Crippen LogP contribution is -2.60. The molecule has 2 saturated heterocycles.